The Morgan fingerprint density at radius 2 is 1.78 bits per heavy atom. The van der Waals surface area contributed by atoms with Crippen LogP contribution in [0, 0.1) is 17.8 Å². The molecule has 18 heavy (non-hydrogen) atoms. The molecule has 2 heteroatoms. The molecule has 0 amide bonds. The molecule has 1 unspecified atom stereocenters. The number of imidazole rings is 1. The van der Waals surface area contributed by atoms with Crippen molar-refractivity contribution in [3.05, 3.63) is 30.1 Å². The van der Waals surface area contributed by atoms with Crippen molar-refractivity contribution < 1.29 is 0 Å². The number of para-hydroxylation sites is 2. The van der Waals surface area contributed by atoms with Crippen LogP contribution in [0.15, 0.2) is 24.3 Å². The number of aromatic amines is 1. The Morgan fingerprint density at radius 3 is 2.39 bits per heavy atom. The van der Waals surface area contributed by atoms with E-state index in [1.807, 2.05) is 0 Å². The van der Waals surface area contributed by atoms with E-state index in [0.29, 0.717) is 5.92 Å². The predicted octanol–water partition coefficient (Wildman–Crippen LogP) is 4.10. The van der Waals surface area contributed by atoms with Gasteiger partial charge in [-0.2, -0.15) is 0 Å². The van der Waals surface area contributed by atoms with E-state index in [-0.39, 0.29) is 0 Å². The Bertz CT molecular complexity index is 518. The number of aromatic nitrogens is 2. The molecule has 2 fully saturated rings. The Balaban J connectivity index is 1.67. The number of fused-ring (bicyclic) bond motifs is 1. The summed E-state index contributed by atoms with van der Waals surface area (Å²) < 4.78 is 0. The van der Waals surface area contributed by atoms with Gasteiger partial charge in [0, 0.05) is 5.92 Å². The van der Waals surface area contributed by atoms with Gasteiger partial charge in [-0.1, -0.05) is 19.1 Å². The number of nitrogens with one attached hydrogen (secondary N) is 1. The van der Waals surface area contributed by atoms with Crippen molar-refractivity contribution in [1.82, 2.24) is 9.97 Å². The first-order chi connectivity index (χ1) is 8.83. The highest BCUT2D eigenvalue weighted by Gasteiger charge is 2.45. The van der Waals surface area contributed by atoms with Gasteiger partial charge in [0.05, 0.1) is 11.0 Å². The van der Waals surface area contributed by atoms with E-state index < -0.39 is 0 Å². The summed E-state index contributed by atoms with van der Waals surface area (Å²) in [7, 11) is 0. The van der Waals surface area contributed by atoms with Crippen molar-refractivity contribution in [1.29, 1.82) is 0 Å². The second-order valence-electron chi connectivity index (χ2n) is 6.18. The van der Waals surface area contributed by atoms with Crippen molar-refractivity contribution in [3.63, 3.8) is 0 Å². The number of H-pyrrole nitrogens is 1. The van der Waals surface area contributed by atoms with Crippen LogP contribution in [-0.2, 0) is 0 Å². The van der Waals surface area contributed by atoms with Crippen LogP contribution in [0.3, 0.4) is 0 Å². The van der Waals surface area contributed by atoms with Crippen LogP contribution < -0.4 is 0 Å². The van der Waals surface area contributed by atoms with Crippen LogP contribution >= 0.6 is 0 Å². The SMILES string of the molecule is CC(c1nc2ccccc2[nH]1)C(C1CC1)C1CC1. The molecule has 2 nitrogen and oxygen atoms in total. The van der Waals surface area contributed by atoms with E-state index in [2.05, 4.69) is 36.2 Å². The van der Waals surface area contributed by atoms with Crippen molar-refractivity contribution >= 4 is 11.0 Å². The molecule has 94 valence electrons. The highest BCUT2D eigenvalue weighted by atomic mass is 14.9. The molecule has 2 aliphatic rings. The van der Waals surface area contributed by atoms with Gasteiger partial charge in [-0.05, 0) is 55.6 Å². The van der Waals surface area contributed by atoms with Gasteiger partial charge < -0.3 is 4.98 Å². The van der Waals surface area contributed by atoms with Crippen molar-refractivity contribution in [2.75, 3.05) is 0 Å². The van der Waals surface area contributed by atoms with Gasteiger partial charge >= 0.3 is 0 Å². The van der Waals surface area contributed by atoms with E-state index in [1.165, 1.54) is 37.0 Å². The molecule has 1 N–H and O–H groups in total. The number of hydrogen-bond donors (Lipinski definition) is 1. The largest absolute Gasteiger partial charge is 0.342 e. The number of rotatable bonds is 4. The van der Waals surface area contributed by atoms with Crippen LogP contribution in [0.1, 0.15) is 44.3 Å². The average molecular weight is 240 g/mol. The fourth-order valence-corrected chi connectivity index (χ4v) is 3.53. The maximum absolute atomic E-state index is 4.80. The molecule has 4 rings (SSSR count). The summed E-state index contributed by atoms with van der Waals surface area (Å²) in [6.45, 7) is 2.37. The van der Waals surface area contributed by atoms with Crippen LogP contribution in [0.2, 0.25) is 0 Å². The second kappa shape index (κ2) is 3.84. The molecule has 0 saturated heterocycles. The van der Waals surface area contributed by atoms with Crippen LogP contribution in [0.4, 0.5) is 0 Å². The molecular formula is C16H20N2. The highest BCUT2D eigenvalue weighted by molar-refractivity contribution is 5.74. The fraction of sp³-hybridized carbons (Fsp3) is 0.562. The van der Waals surface area contributed by atoms with Crippen molar-refractivity contribution in [2.24, 2.45) is 17.8 Å². The average Bonchev–Trinajstić information content (AvgIpc) is 3.30. The lowest BCUT2D eigenvalue weighted by Crippen LogP contribution is -2.15. The molecule has 0 radical (unpaired) electrons. The second-order valence-corrected chi connectivity index (χ2v) is 6.18. The summed E-state index contributed by atoms with van der Waals surface area (Å²) in [6.07, 6.45) is 5.80. The summed E-state index contributed by atoms with van der Waals surface area (Å²) >= 11 is 0. The lowest BCUT2D eigenvalue weighted by Gasteiger charge is -2.21. The van der Waals surface area contributed by atoms with Gasteiger partial charge in [-0.25, -0.2) is 4.98 Å². The molecule has 2 aliphatic carbocycles. The standard InChI is InChI=1S/C16H20N2/c1-10(15(11-6-7-11)12-8-9-12)16-17-13-4-2-3-5-14(13)18-16/h2-5,10-12,15H,6-9H2,1H3,(H,17,18). The fourth-order valence-electron chi connectivity index (χ4n) is 3.53. The molecule has 0 bridgehead atoms. The molecule has 2 aromatic rings. The number of nitrogens with zero attached hydrogens (tertiary/aromatic N) is 1. The minimum Gasteiger partial charge on any atom is -0.342 e. The van der Waals surface area contributed by atoms with E-state index >= 15 is 0 Å². The molecular weight excluding hydrogens is 220 g/mol. The molecule has 1 aromatic carbocycles. The zero-order valence-corrected chi connectivity index (χ0v) is 10.9. The van der Waals surface area contributed by atoms with E-state index in [4.69, 9.17) is 4.98 Å². The number of benzene rings is 1. The van der Waals surface area contributed by atoms with Gasteiger partial charge in [0.1, 0.15) is 5.82 Å². The van der Waals surface area contributed by atoms with Gasteiger partial charge in [-0.3, -0.25) is 0 Å². The van der Waals surface area contributed by atoms with Crippen LogP contribution in [-0.4, -0.2) is 9.97 Å². The first kappa shape index (κ1) is 10.6. The summed E-state index contributed by atoms with van der Waals surface area (Å²) in [4.78, 5) is 8.33. The first-order valence-corrected chi connectivity index (χ1v) is 7.27. The smallest absolute Gasteiger partial charge is 0.110 e. The predicted molar refractivity (Wildman–Crippen MR) is 73.4 cm³/mol. The third-order valence-corrected chi connectivity index (χ3v) is 4.75. The Hall–Kier alpha value is -1.31. The highest BCUT2D eigenvalue weighted by Crippen LogP contribution is 2.54. The third-order valence-electron chi connectivity index (χ3n) is 4.75. The van der Waals surface area contributed by atoms with Crippen LogP contribution in [0.5, 0.6) is 0 Å². The lowest BCUT2D eigenvalue weighted by molar-refractivity contribution is 0.338. The molecule has 1 atom stereocenters. The maximum atomic E-state index is 4.80. The number of hydrogen-bond acceptors (Lipinski definition) is 1. The topological polar surface area (TPSA) is 28.7 Å². The van der Waals surface area contributed by atoms with Gasteiger partial charge in [0.25, 0.3) is 0 Å². The monoisotopic (exact) mass is 240 g/mol. The van der Waals surface area contributed by atoms with Gasteiger partial charge in [0.15, 0.2) is 0 Å². The van der Waals surface area contributed by atoms with E-state index in [9.17, 15) is 0 Å². The molecule has 0 spiro atoms. The summed E-state index contributed by atoms with van der Waals surface area (Å²) in [5.74, 6) is 4.66. The van der Waals surface area contributed by atoms with Crippen molar-refractivity contribution in [2.45, 2.75) is 38.5 Å². The first-order valence-electron chi connectivity index (χ1n) is 7.27. The van der Waals surface area contributed by atoms with Gasteiger partial charge in [0.2, 0.25) is 0 Å². The van der Waals surface area contributed by atoms with E-state index in [0.717, 1.165) is 23.3 Å². The molecule has 1 aromatic heterocycles. The quantitative estimate of drug-likeness (QED) is 0.856. The van der Waals surface area contributed by atoms with Crippen molar-refractivity contribution in [3.8, 4) is 0 Å². The summed E-state index contributed by atoms with van der Waals surface area (Å²) in [5, 5.41) is 0. The zero-order valence-electron chi connectivity index (χ0n) is 10.9. The van der Waals surface area contributed by atoms with Crippen LogP contribution in [0.25, 0.3) is 11.0 Å². The Labute approximate surface area is 108 Å². The Kier molecular flexibility index (Phi) is 2.26. The summed E-state index contributed by atoms with van der Waals surface area (Å²) in [5.41, 5.74) is 2.30. The zero-order chi connectivity index (χ0) is 12.1. The third kappa shape index (κ3) is 1.75. The Morgan fingerprint density at radius 1 is 1.11 bits per heavy atom. The molecule has 1 heterocycles. The minimum atomic E-state index is 0.595. The lowest BCUT2D eigenvalue weighted by atomic mass is 9.85. The molecule has 0 aliphatic heterocycles. The van der Waals surface area contributed by atoms with Gasteiger partial charge in [-0.15, -0.1) is 0 Å². The minimum absolute atomic E-state index is 0.595. The maximum Gasteiger partial charge on any atom is 0.110 e. The normalized spacial score (nSPS) is 21.7. The molecule has 2 saturated carbocycles. The summed E-state index contributed by atoms with van der Waals surface area (Å²) in [6, 6.07) is 8.37. The van der Waals surface area contributed by atoms with E-state index in [1.54, 1.807) is 0 Å².